The molecule has 2 aromatic rings. The number of halogens is 1. The van der Waals surface area contributed by atoms with Crippen molar-refractivity contribution in [2.75, 3.05) is 7.11 Å². The van der Waals surface area contributed by atoms with Crippen molar-refractivity contribution in [3.63, 3.8) is 0 Å². The van der Waals surface area contributed by atoms with Gasteiger partial charge >= 0.3 is 0 Å². The largest absolute Gasteiger partial charge is 0.496 e. The summed E-state index contributed by atoms with van der Waals surface area (Å²) < 4.78 is 19.2. The summed E-state index contributed by atoms with van der Waals surface area (Å²) in [5.41, 5.74) is 3.93. The Morgan fingerprint density at radius 2 is 1.65 bits per heavy atom. The first-order valence-electron chi connectivity index (χ1n) is 6.54. The molecule has 0 spiro atoms. The van der Waals surface area contributed by atoms with E-state index in [1.54, 1.807) is 12.1 Å². The predicted octanol–water partition coefficient (Wildman–Crippen LogP) is 3.84. The van der Waals surface area contributed by atoms with Gasteiger partial charge in [-0.25, -0.2) is 4.39 Å². The lowest BCUT2D eigenvalue weighted by molar-refractivity contribution is 0.207. The average Bonchev–Trinajstić information content (AvgIpc) is 2.36. The molecule has 0 radical (unpaired) electrons. The molecule has 2 rings (SSSR count). The average molecular weight is 274 g/mol. The molecule has 0 aliphatic heterocycles. The molecular weight excluding hydrogens is 255 g/mol. The quantitative estimate of drug-likeness (QED) is 0.921. The van der Waals surface area contributed by atoms with E-state index in [4.69, 9.17) is 4.74 Å². The lowest BCUT2D eigenvalue weighted by atomic mass is 9.91. The van der Waals surface area contributed by atoms with E-state index in [2.05, 4.69) is 0 Å². The van der Waals surface area contributed by atoms with Gasteiger partial charge in [-0.3, -0.25) is 0 Å². The van der Waals surface area contributed by atoms with Gasteiger partial charge in [-0.2, -0.15) is 0 Å². The smallest absolute Gasteiger partial charge is 0.133 e. The van der Waals surface area contributed by atoms with Gasteiger partial charge in [0.25, 0.3) is 0 Å². The Morgan fingerprint density at radius 3 is 2.20 bits per heavy atom. The number of benzene rings is 2. The molecule has 106 valence electrons. The fourth-order valence-electron chi connectivity index (χ4n) is 2.73. The Hall–Kier alpha value is -1.87. The molecule has 0 aromatic heterocycles. The predicted molar refractivity (Wildman–Crippen MR) is 77.7 cm³/mol. The van der Waals surface area contributed by atoms with E-state index in [1.165, 1.54) is 13.2 Å². The monoisotopic (exact) mass is 274 g/mol. The molecule has 1 atom stereocenters. The van der Waals surface area contributed by atoms with Crippen LogP contribution >= 0.6 is 0 Å². The van der Waals surface area contributed by atoms with Crippen LogP contribution < -0.4 is 4.74 Å². The molecule has 0 heterocycles. The van der Waals surface area contributed by atoms with Gasteiger partial charge in [-0.05, 0) is 49.6 Å². The first-order chi connectivity index (χ1) is 9.45. The second kappa shape index (κ2) is 5.63. The first-order valence-corrected chi connectivity index (χ1v) is 6.54. The molecule has 1 unspecified atom stereocenters. The minimum Gasteiger partial charge on any atom is -0.496 e. The molecule has 0 saturated heterocycles. The number of aliphatic hydroxyl groups excluding tert-OH is 1. The van der Waals surface area contributed by atoms with Crippen LogP contribution in [-0.2, 0) is 0 Å². The Labute approximate surface area is 118 Å². The van der Waals surface area contributed by atoms with E-state index in [1.807, 2.05) is 32.9 Å². The van der Waals surface area contributed by atoms with Crippen molar-refractivity contribution >= 4 is 0 Å². The third-order valence-corrected chi connectivity index (χ3v) is 3.52. The summed E-state index contributed by atoms with van der Waals surface area (Å²) in [6, 6.07) is 8.53. The maximum absolute atomic E-state index is 14.1. The van der Waals surface area contributed by atoms with Gasteiger partial charge in [0.15, 0.2) is 0 Å². The van der Waals surface area contributed by atoms with E-state index < -0.39 is 11.9 Å². The SMILES string of the molecule is COc1cccc(F)c1C(O)c1c(C)cc(C)cc1C. The summed E-state index contributed by atoms with van der Waals surface area (Å²) in [6.07, 6.45) is -1.04. The summed E-state index contributed by atoms with van der Waals surface area (Å²) >= 11 is 0. The third kappa shape index (κ3) is 2.54. The standard InChI is InChI=1S/C17H19FO2/c1-10-8-11(2)15(12(3)9-10)17(19)16-13(18)6-5-7-14(16)20-4/h5-9,17,19H,1-4H3. The van der Waals surface area contributed by atoms with Crippen molar-refractivity contribution in [1.29, 1.82) is 0 Å². The van der Waals surface area contributed by atoms with Crippen LogP contribution in [0.25, 0.3) is 0 Å². The molecule has 0 bridgehead atoms. The highest BCUT2D eigenvalue weighted by atomic mass is 19.1. The lowest BCUT2D eigenvalue weighted by Gasteiger charge is -2.20. The second-order valence-electron chi connectivity index (χ2n) is 5.07. The highest BCUT2D eigenvalue weighted by Gasteiger charge is 2.22. The maximum atomic E-state index is 14.1. The highest BCUT2D eigenvalue weighted by Crippen LogP contribution is 2.35. The number of aliphatic hydroxyl groups is 1. The van der Waals surface area contributed by atoms with E-state index in [9.17, 15) is 9.50 Å². The van der Waals surface area contributed by atoms with Crippen molar-refractivity contribution in [1.82, 2.24) is 0 Å². The Balaban J connectivity index is 2.61. The molecule has 0 aliphatic rings. The number of hydrogen-bond donors (Lipinski definition) is 1. The van der Waals surface area contributed by atoms with Crippen LogP contribution in [0, 0.1) is 26.6 Å². The van der Waals surface area contributed by atoms with Crippen molar-refractivity contribution in [3.05, 3.63) is 64.0 Å². The van der Waals surface area contributed by atoms with Crippen molar-refractivity contribution in [3.8, 4) is 5.75 Å². The molecule has 0 saturated carbocycles. The van der Waals surface area contributed by atoms with Crippen molar-refractivity contribution in [2.45, 2.75) is 26.9 Å². The molecule has 0 amide bonds. The van der Waals surface area contributed by atoms with Crippen LogP contribution in [0.4, 0.5) is 4.39 Å². The summed E-state index contributed by atoms with van der Waals surface area (Å²) in [6.45, 7) is 5.84. The normalized spacial score (nSPS) is 12.3. The van der Waals surface area contributed by atoms with Crippen LogP contribution in [-0.4, -0.2) is 12.2 Å². The van der Waals surface area contributed by atoms with E-state index >= 15 is 0 Å². The maximum Gasteiger partial charge on any atom is 0.133 e. The van der Waals surface area contributed by atoms with Crippen LogP contribution in [0.5, 0.6) is 5.75 Å². The molecule has 0 fully saturated rings. The molecule has 2 nitrogen and oxygen atoms in total. The fraction of sp³-hybridized carbons (Fsp3) is 0.294. The zero-order chi connectivity index (χ0) is 14.9. The lowest BCUT2D eigenvalue weighted by Crippen LogP contribution is -2.09. The van der Waals surface area contributed by atoms with Gasteiger partial charge in [0.05, 0.1) is 12.7 Å². The van der Waals surface area contributed by atoms with Crippen LogP contribution in [0.1, 0.15) is 33.9 Å². The molecule has 20 heavy (non-hydrogen) atoms. The summed E-state index contributed by atoms with van der Waals surface area (Å²) in [5.74, 6) is -0.104. The first kappa shape index (κ1) is 14.5. The summed E-state index contributed by atoms with van der Waals surface area (Å²) in [4.78, 5) is 0. The number of ether oxygens (including phenoxy) is 1. The van der Waals surface area contributed by atoms with Crippen molar-refractivity contribution in [2.24, 2.45) is 0 Å². The number of rotatable bonds is 3. The summed E-state index contributed by atoms with van der Waals surface area (Å²) in [7, 11) is 1.47. The van der Waals surface area contributed by atoms with Crippen LogP contribution in [0.2, 0.25) is 0 Å². The number of hydrogen-bond acceptors (Lipinski definition) is 2. The zero-order valence-corrected chi connectivity index (χ0v) is 12.2. The summed E-state index contributed by atoms with van der Waals surface area (Å²) in [5, 5.41) is 10.6. The molecular formula is C17H19FO2. The van der Waals surface area contributed by atoms with Gasteiger partial charge in [-0.1, -0.05) is 23.8 Å². The Kier molecular flexibility index (Phi) is 4.09. The van der Waals surface area contributed by atoms with E-state index in [0.29, 0.717) is 5.75 Å². The minimum atomic E-state index is -1.04. The van der Waals surface area contributed by atoms with Gasteiger partial charge < -0.3 is 9.84 Å². The number of aryl methyl sites for hydroxylation is 3. The van der Waals surface area contributed by atoms with Gasteiger partial charge in [0, 0.05) is 0 Å². The molecule has 0 aliphatic carbocycles. The van der Waals surface area contributed by atoms with Crippen molar-refractivity contribution < 1.29 is 14.2 Å². The zero-order valence-electron chi connectivity index (χ0n) is 12.2. The third-order valence-electron chi connectivity index (χ3n) is 3.52. The molecule has 1 N–H and O–H groups in total. The van der Waals surface area contributed by atoms with E-state index in [-0.39, 0.29) is 5.56 Å². The molecule has 2 aromatic carbocycles. The topological polar surface area (TPSA) is 29.5 Å². The van der Waals surface area contributed by atoms with Gasteiger partial charge in [0.2, 0.25) is 0 Å². The van der Waals surface area contributed by atoms with E-state index in [0.717, 1.165) is 22.3 Å². The Bertz CT molecular complexity index is 612. The molecule has 3 heteroatoms. The minimum absolute atomic E-state index is 0.185. The van der Waals surface area contributed by atoms with Gasteiger partial charge in [-0.15, -0.1) is 0 Å². The second-order valence-corrected chi connectivity index (χ2v) is 5.07. The highest BCUT2D eigenvalue weighted by molar-refractivity contribution is 5.47. The van der Waals surface area contributed by atoms with Crippen LogP contribution in [0.3, 0.4) is 0 Å². The van der Waals surface area contributed by atoms with Gasteiger partial charge in [0.1, 0.15) is 17.7 Å². The fourth-order valence-corrected chi connectivity index (χ4v) is 2.73. The number of methoxy groups -OCH3 is 1. The van der Waals surface area contributed by atoms with Crippen LogP contribution in [0.15, 0.2) is 30.3 Å². The Morgan fingerprint density at radius 1 is 1.05 bits per heavy atom.